The van der Waals surface area contributed by atoms with Crippen molar-refractivity contribution in [3.8, 4) is 0 Å². The van der Waals surface area contributed by atoms with Crippen LogP contribution in [0.4, 0.5) is 0 Å². The number of carbonyl (C=O) groups is 2. The summed E-state index contributed by atoms with van der Waals surface area (Å²) in [6, 6.07) is 8.23. The fourth-order valence-corrected chi connectivity index (χ4v) is 4.46. The van der Waals surface area contributed by atoms with Crippen molar-refractivity contribution in [3.63, 3.8) is 0 Å². The summed E-state index contributed by atoms with van der Waals surface area (Å²) in [4.78, 5) is 32.6. The molecule has 1 aromatic rings. The molecule has 1 aliphatic heterocycles. The van der Waals surface area contributed by atoms with E-state index < -0.39 is 5.54 Å². The average Bonchev–Trinajstić information content (AvgIpc) is 3.50. The highest BCUT2D eigenvalue weighted by Crippen LogP contribution is 2.41. The first-order chi connectivity index (χ1) is 13.5. The summed E-state index contributed by atoms with van der Waals surface area (Å²) in [7, 11) is 0. The van der Waals surface area contributed by atoms with Crippen molar-refractivity contribution in [2.45, 2.75) is 70.9 Å². The third-order valence-corrected chi connectivity index (χ3v) is 6.52. The molecule has 4 rings (SSSR count). The summed E-state index contributed by atoms with van der Waals surface area (Å²) in [5.74, 6) is 1.91. The second kappa shape index (κ2) is 7.69. The number of amidine groups is 1. The third kappa shape index (κ3) is 3.85. The summed E-state index contributed by atoms with van der Waals surface area (Å²) in [6.45, 7) is 5.54. The molecule has 3 aliphatic rings. The maximum absolute atomic E-state index is 13.1. The topological polar surface area (TPSA) is 61.8 Å². The zero-order valence-corrected chi connectivity index (χ0v) is 17.0. The van der Waals surface area contributed by atoms with Gasteiger partial charge in [-0.05, 0) is 56.9 Å². The second-order valence-corrected chi connectivity index (χ2v) is 8.75. The molecule has 0 bridgehead atoms. The van der Waals surface area contributed by atoms with E-state index in [0.717, 1.165) is 37.2 Å². The van der Waals surface area contributed by atoms with Gasteiger partial charge in [-0.15, -0.1) is 0 Å². The highest BCUT2D eigenvalue weighted by atomic mass is 16.2. The van der Waals surface area contributed by atoms with Crippen LogP contribution in [0.25, 0.3) is 0 Å². The van der Waals surface area contributed by atoms with Crippen LogP contribution in [-0.2, 0) is 16.1 Å². The predicted octanol–water partition coefficient (Wildman–Crippen LogP) is 3.60. The van der Waals surface area contributed by atoms with Crippen molar-refractivity contribution in [2.24, 2.45) is 16.8 Å². The Labute approximate surface area is 167 Å². The normalized spacial score (nSPS) is 27.2. The van der Waals surface area contributed by atoms with Crippen molar-refractivity contribution in [1.29, 1.82) is 0 Å². The Morgan fingerprint density at radius 2 is 1.86 bits per heavy atom. The van der Waals surface area contributed by atoms with Crippen LogP contribution in [0.1, 0.15) is 63.0 Å². The Morgan fingerprint density at radius 1 is 1.18 bits per heavy atom. The molecular formula is C23H31N3O2. The molecule has 5 nitrogen and oxygen atoms in total. The van der Waals surface area contributed by atoms with Gasteiger partial charge >= 0.3 is 0 Å². The van der Waals surface area contributed by atoms with Gasteiger partial charge in [0.15, 0.2) is 0 Å². The van der Waals surface area contributed by atoms with Gasteiger partial charge in [0.05, 0.1) is 0 Å². The van der Waals surface area contributed by atoms with Gasteiger partial charge in [0, 0.05) is 25.4 Å². The van der Waals surface area contributed by atoms with Crippen LogP contribution < -0.4 is 5.32 Å². The Morgan fingerprint density at radius 3 is 2.46 bits per heavy atom. The lowest BCUT2D eigenvalue weighted by Gasteiger charge is -2.33. The summed E-state index contributed by atoms with van der Waals surface area (Å²) in [5, 5.41) is 3.07. The molecule has 1 heterocycles. The molecule has 1 spiro atoms. The highest BCUT2D eigenvalue weighted by molar-refractivity contribution is 6.08. The number of carbonyl (C=O) groups excluding carboxylic acids is 2. The van der Waals surface area contributed by atoms with Gasteiger partial charge in [-0.2, -0.15) is 0 Å². The van der Waals surface area contributed by atoms with Gasteiger partial charge < -0.3 is 5.32 Å². The monoisotopic (exact) mass is 381 g/mol. The standard InChI is InChI=1S/C23H31N3O2/c1-3-20-25-23(22(28)26(20)15-18-8-9-18)12-10-19(11-13-23)21(27)24-14-17-6-4-16(2)5-7-17/h4-7,18-19H,3,8-15H2,1-2H3,(H,24,27). The molecular weight excluding hydrogens is 350 g/mol. The predicted molar refractivity (Wildman–Crippen MR) is 110 cm³/mol. The minimum Gasteiger partial charge on any atom is -0.352 e. The fraction of sp³-hybridized carbons (Fsp3) is 0.609. The molecule has 2 saturated carbocycles. The van der Waals surface area contributed by atoms with Gasteiger partial charge in [0.2, 0.25) is 5.91 Å². The SMILES string of the molecule is CCC1=NC2(CCC(C(=O)NCc3ccc(C)cc3)CC2)C(=O)N1CC1CC1. The number of aliphatic imine (C=N–C) groups is 1. The minimum absolute atomic E-state index is 0.0124. The molecule has 28 heavy (non-hydrogen) atoms. The van der Waals surface area contributed by atoms with Crippen LogP contribution in [0.3, 0.4) is 0 Å². The molecule has 1 aromatic carbocycles. The van der Waals surface area contributed by atoms with E-state index in [4.69, 9.17) is 4.99 Å². The maximum Gasteiger partial charge on any atom is 0.255 e. The first-order valence-corrected chi connectivity index (χ1v) is 10.7. The van der Waals surface area contributed by atoms with Gasteiger partial charge in [0.25, 0.3) is 5.91 Å². The molecule has 2 aliphatic carbocycles. The Balaban J connectivity index is 1.33. The van der Waals surface area contributed by atoms with Gasteiger partial charge in [0.1, 0.15) is 11.4 Å². The quantitative estimate of drug-likeness (QED) is 0.818. The van der Waals surface area contributed by atoms with E-state index in [1.165, 1.54) is 18.4 Å². The Hall–Kier alpha value is -2.17. The number of amides is 2. The van der Waals surface area contributed by atoms with Gasteiger partial charge in [-0.1, -0.05) is 36.8 Å². The molecule has 150 valence electrons. The van der Waals surface area contributed by atoms with Gasteiger partial charge in [-0.3, -0.25) is 19.5 Å². The molecule has 0 radical (unpaired) electrons. The number of benzene rings is 1. The van der Waals surface area contributed by atoms with E-state index in [-0.39, 0.29) is 17.7 Å². The third-order valence-electron chi connectivity index (χ3n) is 6.52. The molecule has 2 fully saturated rings. The number of rotatable bonds is 6. The molecule has 1 N–H and O–H groups in total. The van der Waals surface area contributed by atoms with Crippen LogP contribution in [0, 0.1) is 18.8 Å². The van der Waals surface area contributed by atoms with E-state index in [0.29, 0.717) is 25.3 Å². The Bertz CT molecular complexity index is 772. The van der Waals surface area contributed by atoms with E-state index in [2.05, 4.69) is 43.4 Å². The Kier molecular flexibility index (Phi) is 5.26. The molecule has 0 saturated heterocycles. The first kappa shape index (κ1) is 19.2. The molecule has 5 heteroatoms. The number of aryl methyl sites for hydroxylation is 1. The highest BCUT2D eigenvalue weighted by Gasteiger charge is 2.50. The first-order valence-electron chi connectivity index (χ1n) is 10.7. The summed E-state index contributed by atoms with van der Waals surface area (Å²) in [5.41, 5.74) is 1.75. The van der Waals surface area contributed by atoms with E-state index in [1.807, 2.05) is 4.90 Å². The number of nitrogens with zero attached hydrogens (tertiary/aromatic N) is 2. The van der Waals surface area contributed by atoms with Crippen molar-refractivity contribution in [2.75, 3.05) is 6.54 Å². The van der Waals surface area contributed by atoms with E-state index in [9.17, 15) is 9.59 Å². The number of hydrogen-bond donors (Lipinski definition) is 1. The zero-order valence-electron chi connectivity index (χ0n) is 17.0. The van der Waals surface area contributed by atoms with E-state index >= 15 is 0 Å². The van der Waals surface area contributed by atoms with Crippen LogP contribution >= 0.6 is 0 Å². The van der Waals surface area contributed by atoms with Crippen molar-refractivity contribution < 1.29 is 9.59 Å². The van der Waals surface area contributed by atoms with Crippen LogP contribution in [0.2, 0.25) is 0 Å². The molecule has 0 atom stereocenters. The lowest BCUT2D eigenvalue weighted by Crippen LogP contribution is -2.47. The van der Waals surface area contributed by atoms with Crippen molar-refractivity contribution >= 4 is 17.6 Å². The van der Waals surface area contributed by atoms with E-state index in [1.54, 1.807) is 0 Å². The van der Waals surface area contributed by atoms with Crippen LogP contribution in [0.5, 0.6) is 0 Å². The maximum atomic E-state index is 13.1. The average molecular weight is 382 g/mol. The van der Waals surface area contributed by atoms with Crippen LogP contribution in [-0.4, -0.2) is 34.6 Å². The summed E-state index contributed by atoms with van der Waals surface area (Å²) >= 11 is 0. The fourth-order valence-electron chi connectivity index (χ4n) is 4.46. The minimum atomic E-state index is -0.589. The molecule has 0 unspecified atom stereocenters. The number of nitrogens with one attached hydrogen (secondary N) is 1. The van der Waals surface area contributed by atoms with Gasteiger partial charge in [-0.25, -0.2) is 0 Å². The zero-order chi connectivity index (χ0) is 19.7. The van der Waals surface area contributed by atoms with Crippen molar-refractivity contribution in [1.82, 2.24) is 10.2 Å². The summed E-state index contributed by atoms with van der Waals surface area (Å²) < 4.78 is 0. The summed E-state index contributed by atoms with van der Waals surface area (Å²) in [6.07, 6.45) is 6.14. The van der Waals surface area contributed by atoms with Crippen LogP contribution in [0.15, 0.2) is 29.3 Å². The largest absolute Gasteiger partial charge is 0.352 e. The molecule has 0 aromatic heterocycles. The van der Waals surface area contributed by atoms with Crippen molar-refractivity contribution in [3.05, 3.63) is 35.4 Å². The lowest BCUT2D eigenvalue weighted by molar-refractivity contribution is -0.135. The smallest absolute Gasteiger partial charge is 0.255 e. The second-order valence-electron chi connectivity index (χ2n) is 8.75. The molecule has 2 amide bonds. The number of hydrogen-bond acceptors (Lipinski definition) is 3. The lowest BCUT2D eigenvalue weighted by atomic mass is 9.76.